The summed E-state index contributed by atoms with van der Waals surface area (Å²) in [4.78, 5) is 13.1. The van der Waals surface area contributed by atoms with Crippen LogP contribution in [0.25, 0.3) is 0 Å². The second-order valence-corrected chi connectivity index (χ2v) is 5.78. The van der Waals surface area contributed by atoms with Crippen molar-refractivity contribution in [3.05, 3.63) is 34.3 Å². The summed E-state index contributed by atoms with van der Waals surface area (Å²) in [6, 6.07) is 4.17. The number of benzene rings is 1. The Morgan fingerprint density at radius 2 is 2.05 bits per heavy atom. The summed E-state index contributed by atoms with van der Waals surface area (Å²) in [5, 5.41) is 0. The lowest BCUT2D eigenvalue weighted by molar-refractivity contribution is -0.184. The van der Waals surface area contributed by atoms with Gasteiger partial charge in [0.2, 0.25) is 0 Å². The van der Waals surface area contributed by atoms with Crippen LogP contribution < -0.4 is 5.73 Å². The molecule has 2 atom stereocenters. The zero-order valence-corrected chi connectivity index (χ0v) is 12.1. The molecule has 110 valence electrons. The summed E-state index contributed by atoms with van der Waals surface area (Å²) in [6.45, 7) is -0.0739. The van der Waals surface area contributed by atoms with Crippen molar-refractivity contribution >= 4 is 21.8 Å². The number of hydrogen-bond donors (Lipinski definition) is 1. The number of alkyl halides is 3. The Morgan fingerprint density at radius 1 is 1.35 bits per heavy atom. The van der Waals surface area contributed by atoms with Gasteiger partial charge in [-0.05, 0) is 31.0 Å². The number of nitrogens with two attached hydrogens (primary N) is 1. The molecule has 1 aromatic rings. The molecule has 1 fully saturated rings. The van der Waals surface area contributed by atoms with E-state index in [1.807, 2.05) is 0 Å². The van der Waals surface area contributed by atoms with Gasteiger partial charge >= 0.3 is 6.18 Å². The molecule has 0 bridgehead atoms. The number of likely N-dealkylation sites (tertiary alicyclic amines) is 1. The molecule has 1 aliphatic rings. The predicted molar refractivity (Wildman–Crippen MR) is 72.2 cm³/mol. The Morgan fingerprint density at radius 3 is 2.65 bits per heavy atom. The summed E-state index contributed by atoms with van der Waals surface area (Å²) in [5.74, 6) is -0.635. The third-order valence-corrected chi connectivity index (χ3v) is 3.82. The van der Waals surface area contributed by atoms with Gasteiger partial charge in [0, 0.05) is 22.6 Å². The van der Waals surface area contributed by atoms with Crippen molar-refractivity contribution in [3.8, 4) is 0 Å². The molecule has 0 unspecified atom stereocenters. The van der Waals surface area contributed by atoms with Crippen LogP contribution in [0.3, 0.4) is 0 Å². The smallest absolute Gasteiger partial charge is 0.326 e. The number of amides is 1. The lowest BCUT2D eigenvalue weighted by Crippen LogP contribution is -2.56. The van der Waals surface area contributed by atoms with Crippen LogP contribution in [-0.4, -0.2) is 35.6 Å². The van der Waals surface area contributed by atoms with E-state index in [1.54, 1.807) is 12.1 Å². The van der Waals surface area contributed by atoms with Crippen LogP contribution in [-0.2, 0) is 0 Å². The van der Waals surface area contributed by atoms with Gasteiger partial charge in [-0.25, -0.2) is 0 Å². The minimum Gasteiger partial charge on any atom is -0.326 e. The van der Waals surface area contributed by atoms with Crippen molar-refractivity contribution in [2.24, 2.45) is 5.73 Å². The van der Waals surface area contributed by atoms with Crippen LogP contribution in [0.15, 0.2) is 28.7 Å². The first-order chi connectivity index (χ1) is 9.29. The first-order valence-corrected chi connectivity index (χ1v) is 6.97. The van der Waals surface area contributed by atoms with E-state index in [0.29, 0.717) is 4.47 Å². The topological polar surface area (TPSA) is 46.3 Å². The number of hydrogen-bond acceptors (Lipinski definition) is 2. The summed E-state index contributed by atoms with van der Waals surface area (Å²) < 4.78 is 39.7. The summed E-state index contributed by atoms with van der Waals surface area (Å²) in [7, 11) is 0. The fourth-order valence-corrected chi connectivity index (χ4v) is 2.75. The van der Waals surface area contributed by atoms with Gasteiger partial charge in [0.25, 0.3) is 5.91 Å². The third-order valence-electron chi connectivity index (χ3n) is 3.33. The number of piperidine rings is 1. The molecule has 0 spiro atoms. The van der Waals surface area contributed by atoms with Crippen LogP contribution >= 0.6 is 15.9 Å². The van der Waals surface area contributed by atoms with Crippen LogP contribution in [0.2, 0.25) is 0 Å². The van der Waals surface area contributed by atoms with Gasteiger partial charge in [0.1, 0.15) is 6.04 Å². The maximum Gasteiger partial charge on any atom is 0.408 e. The molecule has 0 saturated carbocycles. The van der Waals surface area contributed by atoms with Crippen LogP contribution in [0.1, 0.15) is 23.2 Å². The third kappa shape index (κ3) is 3.32. The molecular formula is C13H14BrF3N2O. The van der Waals surface area contributed by atoms with Crippen molar-refractivity contribution in [1.82, 2.24) is 4.90 Å². The van der Waals surface area contributed by atoms with Crippen molar-refractivity contribution < 1.29 is 18.0 Å². The minimum atomic E-state index is -4.43. The number of nitrogens with zero attached hydrogens (tertiary/aromatic N) is 1. The SMILES string of the molecule is N[C@H]1CC[C@@H](C(F)(F)F)N(C(=O)c2cccc(Br)c2)C1. The molecular weight excluding hydrogens is 337 g/mol. The highest BCUT2D eigenvalue weighted by atomic mass is 79.9. The molecule has 0 radical (unpaired) electrons. The molecule has 1 aliphatic heterocycles. The molecule has 1 amide bonds. The van der Waals surface area contributed by atoms with E-state index in [0.717, 1.165) is 4.90 Å². The molecule has 0 aromatic heterocycles. The van der Waals surface area contributed by atoms with E-state index in [-0.39, 0.29) is 24.9 Å². The zero-order valence-electron chi connectivity index (χ0n) is 10.5. The van der Waals surface area contributed by atoms with Crippen molar-refractivity contribution in [2.75, 3.05) is 6.54 Å². The predicted octanol–water partition coefficient (Wildman–Crippen LogP) is 2.94. The summed E-state index contributed by atoms with van der Waals surface area (Å²) in [5.41, 5.74) is 5.93. The minimum absolute atomic E-state index is 0.0739. The second-order valence-electron chi connectivity index (χ2n) is 4.86. The van der Waals surface area contributed by atoms with Gasteiger partial charge in [0.05, 0.1) is 0 Å². The van der Waals surface area contributed by atoms with Gasteiger partial charge < -0.3 is 10.6 Å². The van der Waals surface area contributed by atoms with Crippen molar-refractivity contribution in [1.29, 1.82) is 0 Å². The van der Waals surface area contributed by atoms with E-state index < -0.39 is 24.2 Å². The fourth-order valence-electron chi connectivity index (χ4n) is 2.35. The highest BCUT2D eigenvalue weighted by Crippen LogP contribution is 2.32. The molecule has 2 rings (SSSR count). The average molecular weight is 351 g/mol. The van der Waals surface area contributed by atoms with Crippen LogP contribution in [0.5, 0.6) is 0 Å². The number of halogens is 4. The maximum atomic E-state index is 13.0. The standard InChI is InChI=1S/C13H14BrF3N2O/c14-9-3-1-2-8(6-9)12(20)19-7-10(18)4-5-11(19)13(15,16)17/h1-3,6,10-11H,4-5,7,18H2/t10-,11-/m0/s1. The fraction of sp³-hybridized carbons (Fsp3) is 0.462. The summed E-state index contributed by atoms with van der Waals surface area (Å²) in [6.07, 6.45) is -4.31. The van der Waals surface area contributed by atoms with Gasteiger partial charge in [-0.1, -0.05) is 22.0 Å². The van der Waals surface area contributed by atoms with Crippen molar-refractivity contribution in [3.63, 3.8) is 0 Å². The van der Waals surface area contributed by atoms with Gasteiger partial charge in [0.15, 0.2) is 0 Å². The quantitative estimate of drug-likeness (QED) is 0.846. The first-order valence-electron chi connectivity index (χ1n) is 6.18. The van der Waals surface area contributed by atoms with Gasteiger partial charge in [-0.3, -0.25) is 4.79 Å². The van der Waals surface area contributed by atoms with E-state index in [9.17, 15) is 18.0 Å². The Kier molecular flexibility index (Phi) is 4.39. The number of rotatable bonds is 1. The molecule has 1 heterocycles. The number of carbonyl (C=O) groups is 1. The molecule has 1 aromatic carbocycles. The summed E-state index contributed by atoms with van der Waals surface area (Å²) >= 11 is 3.20. The molecule has 0 aliphatic carbocycles. The van der Waals surface area contributed by atoms with Crippen molar-refractivity contribution in [2.45, 2.75) is 31.1 Å². The first kappa shape index (κ1) is 15.3. The van der Waals surface area contributed by atoms with Gasteiger partial charge in [-0.2, -0.15) is 13.2 Å². The maximum absolute atomic E-state index is 13.0. The van der Waals surface area contributed by atoms with E-state index in [1.165, 1.54) is 12.1 Å². The monoisotopic (exact) mass is 350 g/mol. The number of carbonyl (C=O) groups excluding carboxylic acids is 1. The Labute approximate surface area is 123 Å². The highest BCUT2D eigenvalue weighted by Gasteiger charge is 2.47. The van der Waals surface area contributed by atoms with E-state index in [4.69, 9.17) is 5.73 Å². The lowest BCUT2D eigenvalue weighted by Gasteiger charge is -2.39. The lowest BCUT2D eigenvalue weighted by atomic mass is 9.97. The highest BCUT2D eigenvalue weighted by molar-refractivity contribution is 9.10. The zero-order chi connectivity index (χ0) is 14.9. The molecule has 20 heavy (non-hydrogen) atoms. The normalized spacial score (nSPS) is 23.8. The molecule has 3 nitrogen and oxygen atoms in total. The van der Waals surface area contributed by atoms with Crippen LogP contribution in [0, 0.1) is 0 Å². The molecule has 1 saturated heterocycles. The average Bonchev–Trinajstić information content (AvgIpc) is 2.36. The Hall–Kier alpha value is -1.08. The largest absolute Gasteiger partial charge is 0.408 e. The molecule has 2 N–H and O–H groups in total. The Balaban J connectivity index is 2.29. The van der Waals surface area contributed by atoms with Gasteiger partial charge in [-0.15, -0.1) is 0 Å². The Bertz CT molecular complexity index is 507. The second kappa shape index (κ2) is 5.73. The molecule has 7 heteroatoms. The van der Waals surface area contributed by atoms with E-state index >= 15 is 0 Å². The van der Waals surface area contributed by atoms with E-state index in [2.05, 4.69) is 15.9 Å². The van der Waals surface area contributed by atoms with Crippen LogP contribution in [0.4, 0.5) is 13.2 Å².